The minimum absolute atomic E-state index is 0. The number of aromatic nitrogens is 2. The van der Waals surface area contributed by atoms with Crippen LogP contribution in [0.1, 0.15) is 11.4 Å². The molecular weight excluding hydrogens is 583 g/mol. The van der Waals surface area contributed by atoms with Crippen molar-refractivity contribution in [3.05, 3.63) is 138 Å². The van der Waals surface area contributed by atoms with E-state index in [9.17, 15) is 0 Å². The zero-order valence-electron chi connectivity index (χ0n) is 17.8. The van der Waals surface area contributed by atoms with E-state index >= 15 is 0 Å². The van der Waals surface area contributed by atoms with Crippen molar-refractivity contribution in [1.29, 1.82) is 0 Å². The monoisotopic (exact) mass is 603 g/mol. The van der Waals surface area contributed by atoms with Crippen molar-refractivity contribution in [2.24, 2.45) is 0 Å². The minimum atomic E-state index is 0. The average Bonchev–Trinajstić information content (AvgIpc) is 3.32. The number of hydrogen-bond acceptors (Lipinski definition) is 1. The molecule has 5 aromatic rings. The Morgan fingerprint density at radius 1 is 0.818 bits per heavy atom. The molecule has 0 N–H and O–H groups in total. The van der Waals surface area contributed by atoms with Crippen LogP contribution in [0.4, 0.5) is 5.69 Å². The van der Waals surface area contributed by atoms with Crippen molar-refractivity contribution >= 4 is 5.69 Å². The second kappa shape index (κ2) is 10.2. The van der Waals surface area contributed by atoms with E-state index < -0.39 is 0 Å². The molecule has 3 nitrogen and oxygen atoms in total. The summed E-state index contributed by atoms with van der Waals surface area (Å²) in [7, 11) is 0. The van der Waals surface area contributed by atoms with Crippen molar-refractivity contribution in [3.8, 4) is 27.9 Å². The minimum Gasteiger partial charge on any atom is -0.302 e. The molecule has 0 saturated carbocycles. The van der Waals surface area contributed by atoms with Crippen LogP contribution in [0.3, 0.4) is 0 Å². The van der Waals surface area contributed by atoms with E-state index in [1.807, 2.05) is 36.7 Å². The first-order valence-corrected chi connectivity index (χ1v) is 10.5. The Morgan fingerprint density at radius 3 is 2.06 bits per heavy atom. The fourth-order valence-electron chi connectivity index (χ4n) is 4.02. The van der Waals surface area contributed by atoms with Crippen molar-refractivity contribution in [2.75, 3.05) is 0 Å². The summed E-state index contributed by atoms with van der Waals surface area (Å²) >= 11 is 0. The van der Waals surface area contributed by atoms with Gasteiger partial charge >= 0.3 is 0 Å². The molecule has 1 aromatic heterocycles. The molecule has 4 heteroatoms. The van der Waals surface area contributed by atoms with Crippen molar-refractivity contribution in [2.45, 2.75) is 6.42 Å². The molecule has 33 heavy (non-hydrogen) atoms. The molecular formula is C29H20IrN3-. The molecule has 5 rings (SSSR count). The number of imidazole rings is 1. The third kappa shape index (κ3) is 4.71. The second-order valence-electron chi connectivity index (χ2n) is 7.51. The van der Waals surface area contributed by atoms with Crippen molar-refractivity contribution < 1.29 is 20.1 Å². The van der Waals surface area contributed by atoms with Crippen molar-refractivity contribution in [3.63, 3.8) is 0 Å². The largest absolute Gasteiger partial charge is 0.302 e. The summed E-state index contributed by atoms with van der Waals surface area (Å²) in [5.74, 6) is 0.906. The second-order valence-corrected chi connectivity index (χ2v) is 7.51. The molecule has 0 aliphatic heterocycles. The molecule has 0 unspecified atom stereocenters. The molecule has 1 heterocycles. The number of nitrogens with zero attached hydrogens (tertiary/aromatic N) is 3. The Hall–Kier alpha value is -3.77. The third-order valence-corrected chi connectivity index (χ3v) is 5.49. The standard InChI is InChI=1S/C29H20N3.Ir/c1-30-25-15-8-10-22(20-25)21-28-31-18-19-32(28)29-26(23-11-4-2-5-12-23)16-9-17-27(29)24-13-6-3-7-14-24;/h2-9,11-20H,21H2;/q-1;. The van der Waals surface area contributed by atoms with Gasteiger partial charge in [-0.05, 0) is 11.1 Å². The van der Waals surface area contributed by atoms with Crippen LogP contribution in [0, 0.1) is 12.6 Å². The summed E-state index contributed by atoms with van der Waals surface area (Å²) in [5.41, 5.74) is 7.26. The van der Waals surface area contributed by atoms with Gasteiger partial charge in [-0.2, -0.15) is 29.8 Å². The fourth-order valence-corrected chi connectivity index (χ4v) is 4.02. The van der Waals surface area contributed by atoms with E-state index in [1.165, 1.54) is 0 Å². The van der Waals surface area contributed by atoms with Gasteiger partial charge in [0.2, 0.25) is 0 Å². The van der Waals surface area contributed by atoms with E-state index in [-0.39, 0.29) is 20.1 Å². The summed E-state index contributed by atoms with van der Waals surface area (Å²) in [6, 6.07) is 36.0. The molecule has 0 amide bonds. The molecule has 0 spiro atoms. The molecule has 4 aromatic carbocycles. The van der Waals surface area contributed by atoms with Crippen LogP contribution < -0.4 is 0 Å². The Balaban J connectivity index is 0.00000259. The first-order chi connectivity index (χ1) is 15.8. The van der Waals surface area contributed by atoms with Gasteiger partial charge in [0.25, 0.3) is 0 Å². The van der Waals surface area contributed by atoms with Gasteiger partial charge in [0.15, 0.2) is 0 Å². The van der Waals surface area contributed by atoms with Crippen LogP contribution in [-0.2, 0) is 26.5 Å². The topological polar surface area (TPSA) is 22.2 Å². The molecule has 1 radical (unpaired) electrons. The normalized spacial score (nSPS) is 10.3. The van der Waals surface area contributed by atoms with Gasteiger partial charge < -0.3 is 4.57 Å². The Morgan fingerprint density at radius 2 is 1.45 bits per heavy atom. The molecule has 0 saturated heterocycles. The van der Waals surface area contributed by atoms with E-state index in [0.717, 1.165) is 39.3 Å². The summed E-state index contributed by atoms with van der Waals surface area (Å²) < 4.78 is 2.17. The number of benzene rings is 4. The summed E-state index contributed by atoms with van der Waals surface area (Å²) in [6.45, 7) is 7.30. The Bertz CT molecular complexity index is 1340. The van der Waals surface area contributed by atoms with Crippen molar-refractivity contribution in [1.82, 2.24) is 9.55 Å². The van der Waals surface area contributed by atoms with E-state index in [1.54, 1.807) is 6.07 Å². The van der Waals surface area contributed by atoms with Gasteiger partial charge in [0, 0.05) is 50.0 Å². The number of hydrogen-bond donors (Lipinski definition) is 0. The van der Waals surface area contributed by atoms with Gasteiger partial charge in [0.05, 0.1) is 17.9 Å². The summed E-state index contributed by atoms with van der Waals surface area (Å²) in [4.78, 5) is 8.23. The maximum atomic E-state index is 7.30. The molecule has 161 valence electrons. The van der Waals surface area contributed by atoms with E-state index in [4.69, 9.17) is 6.57 Å². The Labute approximate surface area is 207 Å². The SMILES string of the molecule is [C-]#[N+]c1cc[c-]c(Cc2nccn2-c2c(-c3ccccc3)cccc2-c2ccccc2)c1.[Ir]. The van der Waals surface area contributed by atoms with Gasteiger partial charge in [-0.15, -0.1) is 0 Å². The zero-order chi connectivity index (χ0) is 21.8. The predicted octanol–water partition coefficient (Wildman–Crippen LogP) is 7.15. The molecule has 0 atom stereocenters. The Kier molecular flexibility index (Phi) is 6.95. The molecule has 0 aliphatic rings. The summed E-state index contributed by atoms with van der Waals surface area (Å²) in [6.07, 6.45) is 4.45. The van der Waals surface area contributed by atoms with Gasteiger partial charge in [-0.3, -0.25) is 4.85 Å². The van der Waals surface area contributed by atoms with Crippen LogP contribution in [0.2, 0.25) is 0 Å². The zero-order valence-corrected chi connectivity index (χ0v) is 20.2. The van der Waals surface area contributed by atoms with Crippen LogP contribution in [0.5, 0.6) is 0 Å². The average molecular weight is 603 g/mol. The van der Waals surface area contributed by atoms with Gasteiger partial charge in [-0.25, -0.2) is 4.98 Å². The third-order valence-electron chi connectivity index (χ3n) is 5.49. The van der Waals surface area contributed by atoms with Crippen LogP contribution >= 0.6 is 0 Å². The smallest absolute Gasteiger partial charge is 0.115 e. The van der Waals surface area contributed by atoms with Gasteiger partial charge in [0.1, 0.15) is 5.82 Å². The summed E-state index contributed by atoms with van der Waals surface area (Å²) in [5, 5.41) is 0. The molecule has 0 aliphatic carbocycles. The number of rotatable bonds is 5. The van der Waals surface area contributed by atoms with E-state index in [2.05, 4.69) is 87.2 Å². The first kappa shape index (κ1) is 22.4. The van der Waals surface area contributed by atoms with Crippen LogP contribution in [0.25, 0.3) is 32.8 Å². The first-order valence-electron chi connectivity index (χ1n) is 10.5. The maximum absolute atomic E-state index is 7.30. The van der Waals surface area contributed by atoms with Crippen LogP contribution in [-0.4, -0.2) is 9.55 Å². The van der Waals surface area contributed by atoms with Gasteiger partial charge in [-0.1, -0.05) is 78.9 Å². The van der Waals surface area contributed by atoms with E-state index in [0.29, 0.717) is 12.1 Å². The maximum Gasteiger partial charge on any atom is 0.115 e. The predicted molar refractivity (Wildman–Crippen MR) is 129 cm³/mol. The molecule has 0 bridgehead atoms. The van der Waals surface area contributed by atoms with Crippen LogP contribution in [0.15, 0.2) is 109 Å². The fraction of sp³-hybridized carbons (Fsp3) is 0.0345. The number of para-hydroxylation sites is 1. The quantitative estimate of drug-likeness (QED) is 0.196. The molecule has 0 fully saturated rings.